The van der Waals surface area contributed by atoms with Gasteiger partial charge in [0.15, 0.2) is 5.11 Å². The summed E-state index contributed by atoms with van der Waals surface area (Å²) in [7, 11) is 0. The minimum atomic E-state index is -0.322. The van der Waals surface area contributed by atoms with E-state index in [2.05, 4.69) is 10.6 Å². The van der Waals surface area contributed by atoms with Crippen molar-refractivity contribution in [3.63, 3.8) is 0 Å². The minimum Gasteiger partial charge on any atom is -0.491 e. The second kappa shape index (κ2) is 12.5. The number of thiocarbonyl (C=S) groups is 1. The lowest BCUT2D eigenvalue weighted by Gasteiger charge is -2.15. The molecule has 3 rings (SSSR count). The molecule has 7 heteroatoms. The van der Waals surface area contributed by atoms with Crippen molar-refractivity contribution in [1.29, 1.82) is 0 Å². The van der Waals surface area contributed by atoms with Crippen molar-refractivity contribution in [2.75, 3.05) is 18.5 Å². The smallest absolute Gasteiger partial charge is 0.257 e. The molecule has 0 heterocycles. The fraction of sp³-hybridized carbons (Fsp3) is 0.231. The number of carbonyl (C=O) groups excluding carboxylic acids is 1. The quantitative estimate of drug-likeness (QED) is 0.307. The van der Waals surface area contributed by atoms with Crippen LogP contribution in [0, 0.1) is 0 Å². The summed E-state index contributed by atoms with van der Waals surface area (Å²) in [6.45, 7) is 4.78. The van der Waals surface area contributed by atoms with Gasteiger partial charge in [-0.2, -0.15) is 0 Å². The predicted octanol–water partition coefficient (Wildman–Crippen LogP) is 5.45. The molecule has 0 aromatic heterocycles. The molecule has 1 unspecified atom stereocenters. The summed E-state index contributed by atoms with van der Waals surface area (Å²) in [6.07, 6.45) is 0.949. The molecule has 0 bridgehead atoms. The van der Waals surface area contributed by atoms with Crippen molar-refractivity contribution in [3.8, 4) is 17.2 Å². The van der Waals surface area contributed by atoms with Gasteiger partial charge in [0.25, 0.3) is 5.91 Å². The average molecular weight is 465 g/mol. The molecule has 1 amide bonds. The first-order chi connectivity index (χ1) is 16.0. The molecular weight excluding hydrogens is 436 g/mol. The monoisotopic (exact) mass is 464 g/mol. The van der Waals surface area contributed by atoms with Crippen molar-refractivity contribution in [1.82, 2.24) is 5.32 Å². The van der Waals surface area contributed by atoms with E-state index in [4.69, 9.17) is 26.4 Å². The molecule has 0 radical (unpaired) electrons. The molecule has 3 aromatic carbocycles. The first-order valence-corrected chi connectivity index (χ1v) is 11.2. The van der Waals surface area contributed by atoms with Gasteiger partial charge >= 0.3 is 0 Å². The van der Waals surface area contributed by atoms with Crippen molar-refractivity contribution in [2.24, 2.45) is 0 Å². The molecule has 0 saturated carbocycles. The van der Waals surface area contributed by atoms with Crippen LogP contribution < -0.4 is 24.8 Å². The zero-order valence-electron chi connectivity index (χ0n) is 18.7. The molecule has 0 saturated heterocycles. The second-order valence-electron chi connectivity index (χ2n) is 7.28. The normalized spacial score (nSPS) is 11.2. The van der Waals surface area contributed by atoms with Crippen LogP contribution >= 0.6 is 12.2 Å². The van der Waals surface area contributed by atoms with Gasteiger partial charge in [-0.3, -0.25) is 10.1 Å². The van der Waals surface area contributed by atoms with Gasteiger partial charge in [0.1, 0.15) is 30.5 Å². The van der Waals surface area contributed by atoms with Gasteiger partial charge in [-0.15, -0.1) is 0 Å². The number of benzene rings is 3. The number of ether oxygens (including phenoxy) is 3. The maximum absolute atomic E-state index is 12.6. The summed E-state index contributed by atoms with van der Waals surface area (Å²) >= 11 is 5.34. The van der Waals surface area contributed by atoms with E-state index in [-0.39, 0.29) is 17.1 Å². The number of hydrogen-bond acceptors (Lipinski definition) is 5. The van der Waals surface area contributed by atoms with E-state index < -0.39 is 0 Å². The first-order valence-electron chi connectivity index (χ1n) is 10.8. The Kier molecular flexibility index (Phi) is 9.08. The van der Waals surface area contributed by atoms with E-state index in [1.54, 1.807) is 18.2 Å². The maximum Gasteiger partial charge on any atom is 0.257 e. The lowest BCUT2D eigenvalue weighted by molar-refractivity contribution is 0.0977. The van der Waals surface area contributed by atoms with E-state index in [1.165, 1.54) is 0 Å². The Morgan fingerprint density at radius 1 is 0.909 bits per heavy atom. The summed E-state index contributed by atoms with van der Waals surface area (Å²) in [5, 5.41) is 5.90. The molecule has 0 aliphatic carbocycles. The second-order valence-corrected chi connectivity index (χ2v) is 7.69. The third-order valence-electron chi connectivity index (χ3n) is 4.72. The zero-order valence-corrected chi connectivity index (χ0v) is 19.6. The van der Waals surface area contributed by atoms with Crippen LogP contribution in [0.3, 0.4) is 0 Å². The van der Waals surface area contributed by atoms with Crippen molar-refractivity contribution < 1.29 is 19.0 Å². The van der Waals surface area contributed by atoms with E-state index in [9.17, 15) is 4.79 Å². The Morgan fingerprint density at radius 2 is 1.61 bits per heavy atom. The van der Waals surface area contributed by atoms with Crippen LogP contribution in [0.15, 0.2) is 78.9 Å². The summed E-state index contributed by atoms with van der Waals surface area (Å²) in [4.78, 5) is 12.6. The highest BCUT2D eigenvalue weighted by Gasteiger charge is 2.12. The summed E-state index contributed by atoms with van der Waals surface area (Å²) in [6, 6.07) is 23.9. The molecule has 6 nitrogen and oxygen atoms in total. The fourth-order valence-electron chi connectivity index (χ4n) is 2.88. The molecule has 0 aliphatic rings. The largest absolute Gasteiger partial charge is 0.491 e. The number of hydrogen-bond donors (Lipinski definition) is 2. The van der Waals surface area contributed by atoms with Gasteiger partial charge in [-0.25, -0.2) is 0 Å². The van der Waals surface area contributed by atoms with Gasteiger partial charge in [-0.05, 0) is 68.0 Å². The van der Waals surface area contributed by atoms with E-state index >= 15 is 0 Å². The summed E-state index contributed by atoms with van der Waals surface area (Å²) in [5.41, 5.74) is 1.11. The van der Waals surface area contributed by atoms with Crippen LogP contribution in [-0.2, 0) is 0 Å². The average Bonchev–Trinajstić information content (AvgIpc) is 2.83. The Balaban J connectivity index is 1.53. The van der Waals surface area contributed by atoms with Crippen LogP contribution in [0.4, 0.5) is 5.69 Å². The summed E-state index contributed by atoms with van der Waals surface area (Å²) in [5.74, 6) is 1.72. The van der Waals surface area contributed by atoms with Crippen LogP contribution in [0.5, 0.6) is 17.2 Å². The highest BCUT2D eigenvalue weighted by molar-refractivity contribution is 7.80. The number of carbonyl (C=O) groups is 1. The molecule has 1 atom stereocenters. The molecule has 0 spiro atoms. The molecule has 0 fully saturated rings. The zero-order chi connectivity index (χ0) is 23.5. The number of nitrogens with one attached hydrogen (secondary N) is 2. The maximum atomic E-state index is 12.6. The van der Waals surface area contributed by atoms with Crippen molar-refractivity contribution in [3.05, 3.63) is 84.4 Å². The first kappa shape index (κ1) is 24.1. The molecule has 33 heavy (non-hydrogen) atoms. The summed E-state index contributed by atoms with van der Waals surface area (Å²) < 4.78 is 17.3. The van der Waals surface area contributed by atoms with Crippen LogP contribution in [-0.4, -0.2) is 30.3 Å². The fourth-order valence-corrected chi connectivity index (χ4v) is 3.08. The highest BCUT2D eigenvalue weighted by Crippen LogP contribution is 2.24. The third kappa shape index (κ3) is 7.80. The standard InChI is InChI=1S/C26H28N2O4S/c1-3-19(2)32-22-13-9-10-20(18-22)25(29)28-26(33)27-23-14-7-8-15-24(23)31-17-16-30-21-11-5-4-6-12-21/h4-15,18-19H,3,16-17H2,1-2H3,(H2,27,28,29,33). The number of amides is 1. The van der Waals surface area contributed by atoms with Gasteiger partial charge in [0.2, 0.25) is 0 Å². The Bertz CT molecular complexity index is 1060. The molecule has 3 aromatic rings. The van der Waals surface area contributed by atoms with Crippen molar-refractivity contribution in [2.45, 2.75) is 26.4 Å². The lowest BCUT2D eigenvalue weighted by Crippen LogP contribution is -2.34. The van der Waals surface area contributed by atoms with Crippen LogP contribution in [0.1, 0.15) is 30.6 Å². The predicted molar refractivity (Wildman–Crippen MR) is 134 cm³/mol. The molecular formula is C26H28N2O4S. The third-order valence-corrected chi connectivity index (χ3v) is 4.93. The highest BCUT2D eigenvalue weighted by atomic mass is 32.1. The van der Waals surface area contributed by atoms with Crippen LogP contribution in [0.2, 0.25) is 0 Å². The number of rotatable bonds is 10. The molecule has 0 aliphatic heterocycles. The van der Waals surface area contributed by atoms with Crippen molar-refractivity contribution >= 4 is 28.9 Å². The number of anilines is 1. The minimum absolute atomic E-state index is 0.0700. The van der Waals surface area contributed by atoms with Crippen LogP contribution in [0.25, 0.3) is 0 Å². The molecule has 172 valence electrons. The van der Waals surface area contributed by atoms with Gasteiger partial charge in [-0.1, -0.05) is 43.3 Å². The van der Waals surface area contributed by atoms with Gasteiger partial charge in [0.05, 0.1) is 11.8 Å². The molecule has 2 N–H and O–H groups in total. The Morgan fingerprint density at radius 3 is 2.39 bits per heavy atom. The SMILES string of the molecule is CCC(C)Oc1cccc(C(=O)NC(=S)Nc2ccccc2OCCOc2ccccc2)c1. The lowest BCUT2D eigenvalue weighted by atomic mass is 10.2. The van der Waals surface area contributed by atoms with E-state index in [0.717, 1.165) is 12.2 Å². The Hall–Kier alpha value is -3.58. The van der Waals surface area contributed by atoms with Gasteiger partial charge in [0, 0.05) is 5.56 Å². The Labute approximate surface area is 199 Å². The van der Waals surface area contributed by atoms with E-state index in [1.807, 2.05) is 74.5 Å². The number of para-hydroxylation sites is 3. The van der Waals surface area contributed by atoms with Gasteiger partial charge < -0.3 is 19.5 Å². The topological polar surface area (TPSA) is 68.8 Å². The van der Waals surface area contributed by atoms with E-state index in [0.29, 0.717) is 36.0 Å².